The second kappa shape index (κ2) is 4.23. The van der Waals surface area contributed by atoms with Crippen LogP contribution in [0.5, 0.6) is 0 Å². The Labute approximate surface area is 90.9 Å². The van der Waals surface area contributed by atoms with Crippen LogP contribution in [0.25, 0.3) is 0 Å². The number of anilines is 2. The average molecular weight is 224 g/mol. The van der Waals surface area contributed by atoms with Crippen LogP contribution in [0, 0.1) is 5.82 Å². The summed E-state index contributed by atoms with van der Waals surface area (Å²) in [7, 11) is 0. The van der Waals surface area contributed by atoms with Gasteiger partial charge in [-0.2, -0.15) is 0 Å². The maximum absolute atomic E-state index is 13.2. The van der Waals surface area contributed by atoms with Gasteiger partial charge in [-0.05, 0) is 12.1 Å². The molecule has 5 heteroatoms. The maximum atomic E-state index is 13.2. The van der Waals surface area contributed by atoms with Crippen molar-refractivity contribution in [3.63, 3.8) is 0 Å². The number of benzene rings is 1. The van der Waals surface area contributed by atoms with Crippen molar-refractivity contribution in [1.29, 1.82) is 0 Å². The van der Waals surface area contributed by atoms with E-state index in [4.69, 9.17) is 11.6 Å². The first-order valence-electron chi connectivity index (χ1n) is 4.25. The van der Waals surface area contributed by atoms with Crippen LogP contribution in [0.3, 0.4) is 0 Å². The van der Waals surface area contributed by atoms with E-state index in [0.29, 0.717) is 16.7 Å². The minimum absolute atomic E-state index is 0.310. The fourth-order valence-corrected chi connectivity index (χ4v) is 1.16. The van der Waals surface area contributed by atoms with Crippen molar-refractivity contribution in [2.24, 2.45) is 0 Å². The van der Waals surface area contributed by atoms with Gasteiger partial charge < -0.3 is 5.32 Å². The number of nitrogens with zero attached hydrogens (tertiary/aromatic N) is 2. The van der Waals surface area contributed by atoms with Crippen LogP contribution in [0.1, 0.15) is 0 Å². The first-order valence-corrected chi connectivity index (χ1v) is 4.62. The predicted octanol–water partition coefficient (Wildman–Crippen LogP) is 3.01. The summed E-state index contributed by atoms with van der Waals surface area (Å²) in [6.07, 6.45) is 2.88. The van der Waals surface area contributed by atoms with Crippen molar-refractivity contribution in [3.8, 4) is 0 Å². The monoisotopic (exact) mass is 223 g/mol. The third-order valence-electron chi connectivity index (χ3n) is 1.74. The van der Waals surface area contributed by atoms with Crippen molar-refractivity contribution < 1.29 is 4.39 Å². The van der Waals surface area contributed by atoms with E-state index < -0.39 is 0 Å². The molecule has 0 radical (unpaired) electrons. The van der Waals surface area contributed by atoms with Gasteiger partial charge in [0.25, 0.3) is 0 Å². The van der Waals surface area contributed by atoms with Gasteiger partial charge in [-0.3, -0.25) is 0 Å². The van der Waals surface area contributed by atoms with Gasteiger partial charge >= 0.3 is 0 Å². The molecule has 0 aliphatic rings. The summed E-state index contributed by atoms with van der Waals surface area (Å²) in [5, 5.41) is 3.18. The molecule has 0 aliphatic carbocycles. The molecule has 1 N–H and O–H groups in total. The Morgan fingerprint density at radius 3 is 2.47 bits per heavy atom. The number of hydrogen-bond donors (Lipinski definition) is 1. The highest BCUT2D eigenvalue weighted by atomic mass is 35.5. The fraction of sp³-hybridized carbons (Fsp3) is 0. The van der Waals surface area contributed by atoms with Gasteiger partial charge in [-0.15, -0.1) is 0 Å². The zero-order chi connectivity index (χ0) is 10.7. The van der Waals surface area contributed by atoms with Crippen LogP contribution in [0.2, 0.25) is 5.02 Å². The number of nitrogens with one attached hydrogen (secondary N) is 1. The molecule has 0 bridgehead atoms. The number of para-hydroxylation sites is 1. The lowest BCUT2D eigenvalue weighted by atomic mass is 10.3. The van der Waals surface area contributed by atoms with Crippen LogP contribution in [-0.4, -0.2) is 9.97 Å². The first kappa shape index (κ1) is 9.86. The Morgan fingerprint density at radius 2 is 1.80 bits per heavy atom. The van der Waals surface area contributed by atoms with Gasteiger partial charge in [0, 0.05) is 0 Å². The Hall–Kier alpha value is -1.68. The SMILES string of the molecule is Fc1ccccc1Nc1ncc(Cl)cn1. The van der Waals surface area contributed by atoms with Crippen molar-refractivity contribution in [1.82, 2.24) is 9.97 Å². The summed E-state index contributed by atoms with van der Waals surface area (Å²) < 4.78 is 13.2. The molecule has 0 atom stereocenters. The van der Waals surface area contributed by atoms with E-state index in [-0.39, 0.29) is 5.82 Å². The summed E-state index contributed by atoms with van der Waals surface area (Å²) in [4.78, 5) is 7.79. The van der Waals surface area contributed by atoms with E-state index in [1.54, 1.807) is 18.2 Å². The lowest BCUT2D eigenvalue weighted by molar-refractivity contribution is 0.631. The van der Waals surface area contributed by atoms with Crippen LogP contribution < -0.4 is 5.32 Å². The van der Waals surface area contributed by atoms with E-state index in [0.717, 1.165) is 0 Å². The Balaban J connectivity index is 2.22. The first-order chi connectivity index (χ1) is 7.25. The van der Waals surface area contributed by atoms with Gasteiger partial charge in [0.15, 0.2) is 0 Å². The summed E-state index contributed by atoms with van der Waals surface area (Å²) in [5.41, 5.74) is 0.333. The van der Waals surface area contributed by atoms with E-state index in [1.165, 1.54) is 18.5 Å². The smallest absolute Gasteiger partial charge is 0.227 e. The lowest BCUT2D eigenvalue weighted by Crippen LogP contribution is -1.97. The molecule has 0 saturated carbocycles. The molecule has 0 amide bonds. The molecule has 2 aromatic rings. The highest BCUT2D eigenvalue weighted by Gasteiger charge is 2.02. The van der Waals surface area contributed by atoms with Crippen molar-refractivity contribution in [2.45, 2.75) is 0 Å². The van der Waals surface area contributed by atoms with E-state index in [1.807, 2.05) is 0 Å². The van der Waals surface area contributed by atoms with Crippen LogP contribution in [-0.2, 0) is 0 Å². The average Bonchev–Trinajstić information content (AvgIpc) is 2.25. The zero-order valence-electron chi connectivity index (χ0n) is 7.61. The highest BCUT2D eigenvalue weighted by Crippen LogP contribution is 2.16. The molecule has 76 valence electrons. The van der Waals surface area contributed by atoms with Crippen LogP contribution >= 0.6 is 11.6 Å². The van der Waals surface area contributed by atoms with Gasteiger partial charge in [-0.1, -0.05) is 23.7 Å². The molecular formula is C10H7ClFN3. The maximum Gasteiger partial charge on any atom is 0.227 e. The Bertz CT molecular complexity index is 458. The lowest BCUT2D eigenvalue weighted by Gasteiger charge is -2.04. The second-order valence-electron chi connectivity index (χ2n) is 2.83. The van der Waals surface area contributed by atoms with E-state index in [9.17, 15) is 4.39 Å². The quantitative estimate of drug-likeness (QED) is 0.851. The van der Waals surface area contributed by atoms with E-state index >= 15 is 0 Å². The minimum Gasteiger partial charge on any atom is -0.322 e. The molecule has 0 fully saturated rings. The highest BCUT2D eigenvalue weighted by molar-refractivity contribution is 6.30. The molecule has 1 heterocycles. The molecule has 15 heavy (non-hydrogen) atoms. The third-order valence-corrected chi connectivity index (χ3v) is 1.94. The molecule has 0 aliphatic heterocycles. The van der Waals surface area contributed by atoms with Crippen LogP contribution in [0.4, 0.5) is 16.0 Å². The summed E-state index contributed by atoms with van der Waals surface area (Å²) in [5.74, 6) is -0.0412. The van der Waals surface area contributed by atoms with Crippen molar-refractivity contribution in [3.05, 3.63) is 47.5 Å². The van der Waals surface area contributed by atoms with Crippen molar-refractivity contribution in [2.75, 3.05) is 5.32 Å². The van der Waals surface area contributed by atoms with Gasteiger partial charge in [0.05, 0.1) is 23.1 Å². The van der Waals surface area contributed by atoms with Crippen molar-refractivity contribution >= 4 is 23.2 Å². The molecule has 3 nitrogen and oxygen atoms in total. The third kappa shape index (κ3) is 2.41. The Kier molecular flexibility index (Phi) is 2.78. The largest absolute Gasteiger partial charge is 0.322 e. The molecule has 0 saturated heterocycles. The van der Waals surface area contributed by atoms with Gasteiger partial charge in [0.1, 0.15) is 5.82 Å². The summed E-state index contributed by atoms with van der Waals surface area (Å²) in [6, 6.07) is 6.30. The topological polar surface area (TPSA) is 37.8 Å². The van der Waals surface area contributed by atoms with E-state index in [2.05, 4.69) is 15.3 Å². The van der Waals surface area contributed by atoms with Crippen LogP contribution in [0.15, 0.2) is 36.7 Å². The number of rotatable bonds is 2. The summed E-state index contributed by atoms with van der Waals surface area (Å²) >= 11 is 5.62. The molecular weight excluding hydrogens is 217 g/mol. The molecule has 0 unspecified atom stereocenters. The second-order valence-corrected chi connectivity index (χ2v) is 3.27. The summed E-state index contributed by atoms with van der Waals surface area (Å²) in [6.45, 7) is 0. The molecule has 0 spiro atoms. The number of hydrogen-bond acceptors (Lipinski definition) is 3. The number of halogens is 2. The molecule has 2 rings (SSSR count). The number of aromatic nitrogens is 2. The minimum atomic E-state index is -0.351. The fourth-order valence-electron chi connectivity index (χ4n) is 1.06. The standard InChI is InChI=1S/C10H7ClFN3/c11-7-5-13-10(14-6-7)15-9-4-2-1-3-8(9)12/h1-6H,(H,13,14,15). The zero-order valence-corrected chi connectivity index (χ0v) is 8.37. The molecule has 1 aromatic carbocycles. The van der Waals surface area contributed by atoms with Gasteiger partial charge in [0.2, 0.25) is 5.95 Å². The predicted molar refractivity (Wildman–Crippen MR) is 56.7 cm³/mol. The Morgan fingerprint density at radius 1 is 1.13 bits per heavy atom. The normalized spacial score (nSPS) is 10.0. The van der Waals surface area contributed by atoms with Gasteiger partial charge in [-0.25, -0.2) is 14.4 Å². The molecule has 1 aromatic heterocycles.